The number of aromatic nitrogens is 3. The highest BCUT2D eigenvalue weighted by atomic mass is 19.4. The van der Waals surface area contributed by atoms with Gasteiger partial charge < -0.3 is 25.7 Å². The normalized spacial score (nSPS) is 11.2. The number of anilines is 1. The number of nitrogens with zero attached hydrogens (tertiary/aromatic N) is 2. The Kier molecular flexibility index (Phi) is 5.34. The van der Waals surface area contributed by atoms with E-state index in [0.717, 1.165) is 6.20 Å². The van der Waals surface area contributed by atoms with E-state index in [4.69, 9.17) is 10.5 Å². The lowest BCUT2D eigenvalue weighted by Gasteiger charge is -2.13. The zero-order chi connectivity index (χ0) is 22.9. The van der Waals surface area contributed by atoms with Gasteiger partial charge >= 0.3 is 24.1 Å². The second-order valence-corrected chi connectivity index (χ2v) is 5.95. The highest BCUT2D eigenvalue weighted by molar-refractivity contribution is 6.07. The average Bonchev–Trinajstić information content (AvgIpc) is 2.67. The smallest absolute Gasteiger partial charge is 0.433 e. The van der Waals surface area contributed by atoms with Gasteiger partial charge in [-0.2, -0.15) is 18.2 Å². The van der Waals surface area contributed by atoms with Crippen LogP contribution < -0.4 is 16.0 Å². The van der Waals surface area contributed by atoms with Crippen molar-refractivity contribution in [3.05, 3.63) is 63.7 Å². The molecule has 2 aromatic heterocycles. The van der Waals surface area contributed by atoms with Crippen LogP contribution in [0.25, 0.3) is 11.1 Å². The second kappa shape index (κ2) is 7.78. The third kappa shape index (κ3) is 4.29. The van der Waals surface area contributed by atoms with Gasteiger partial charge in [0, 0.05) is 11.8 Å². The number of pyridine rings is 1. The third-order valence-corrected chi connectivity index (χ3v) is 3.95. The number of halogens is 3. The number of ether oxygens (including phenoxy) is 1. The summed E-state index contributed by atoms with van der Waals surface area (Å²) in [6.07, 6.45) is -3.84. The predicted octanol–water partition coefficient (Wildman–Crippen LogP) is 2.62. The quantitative estimate of drug-likeness (QED) is 0.470. The van der Waals surface area contributed by atoms with Crippen molar-refractivity contribution in [3.63, 3.8) is 0 Å². The number of aromatic amines is 1. The minimum atomic E-state index is -4.70. The molecule has 0 saturated heterocycles. The number of nitrogens with one attached hydrogen (secondary N) is 1. The summed E-state index contributed by atoms with van der Waals surface area (Å²) in [5, 5.41) is 18.8. The summed E-state index contributed by atoms with van der Waals surface area (Å²) in [4.78, 5) is 43.9. The van der Waals surface area contributed by atoms with Crippen LogP contribution in [0, 0.1) is 0 Å². The zero-order valence-corrected chi connectivity index (χ0v) is 15.1. The maximum absolute atomic E-state index is 12.7. The molecule has 1 aromatic carbocycles. The van der Waals surface area contributed by atoms with Crippen LogP contribution in [0.5, 0.6) is 11.8 Å². The SMILES string of the molecule is Nc1[nH]c(=O)c(C(=O)O)c(-c2ccc(Oc3nccc(C(F)(F)F)n3)cc2)c1C(=O)O. The van der Waals surface area contributed by atoms with E-state index in [9.17, 15) is 37.8 Å². The van der Waals surface area contributed by atoms with Gasteiger partial charge in [0.15, 0.2) is 5.69 Å². The first-order valence-electron chi connectivity index (χ1n) is 8.20. The molecule has 0 aliphatic rings. The molecule has 0 atom stereocenters. The summed E-state index contributed by atoms with van der Waals surface area (Å²) in [6, 6.07) is 4.88. The number of H-pyrrole nitrogens is 1. The van der Waals surface area contributed by atoms with Crippen molar-refractivity contribution in [2.45, 2.75) is 6.18 Å². The number of nitrogen functional groups attached to an aromatic ring is 1. The molecule has 0 saturated carbocycles. The Morgan fingerprint density at radius 2 is 1.65 bits per heavy atom. The first-order valence-corrected chi connectivity index (χ1v) is 8.20. The fraction of sp³-hybridized carbons (Fsp3) is 0.0556. The number of carbonyl (C=O) groups is 2. The summed E-state index contributed by atoms with van der Waals surface area (Å²) in [6.45, 7) is 0. The van der Waals surface area contributed by atoms with Gasteiger partial charge in [0.05, 0.1) is 0 Å². The summed E-state index contributed by atoms with van der Waals surface area (Å²) in [7, 11) is 0. The Morgan fingerprint density at radius 3 is 2.19 bits per heavy atom. The monoisotopic (exact) mass is 436 g/mol. The van der Waals surface area contributed by atoms with E-state index in [1.54, 1.807) is 0 Å². The number of carboxylic acid groups (broad SMARTS) is 2. The van der Waals surface area contributed by atoms with Gasteiger partial charge in [0.1, 0.15) is 22.7 Å². The number of benzene rings is 1. The van der Waals surface area contributed by atoms with Gasteiger partial charge in [-0.3, -0.25) is 4.79 Å². The van der Waals surface area contributed by atoms with Gasteiger partial charge in [0.2, 0.25) is 0 Å². The maximum atomic E-state index is 12.7. The van der Waals surface area contributed by atoms with E-state index >= 15 is 0 Å². The predicted molar refractivity (Wildman–Crippen MR) is 97.9 cm³/mol. The van der Waals surface area contributed by atoms with Crippen LogP contribution in [-0.4, -0.2) is 37.1 Å². The molecule has 10 nitrogen and oxygen atoms in total. The lowest BCUT2D eigenvalue weighted by atomic mass is 9.95. The summed E-state index contributed by atoms with van der Waals surface area (Å²) in [5.74, 6) is -3.84. The van der Waals surface area contributed by atoms with Crippen molar-refractivity contribution in [3.8, 4) is 22.9 Å². The van der Waals surface area contributed by atoms with E-state index in [-0.39, 0.29) is 11.3 Å². The number of hydrogen-bond acceptors (Lipinski definition) is 7. The lowest BCUT2D eigenvalue weighted by Crippen LogP contribution is -2.24. The molecule has 0 bridgehead atoms. The van der Waals surface area contributed by atoms with E-state index in [2.05, 4.69) is 9.97 Å². The summed E-state index contributed by atoms with van der Waals surface area (Å²) >= 11 is 0. The van der Waals surface area contributed by atoms with Crippen LogP contribution in [0.3, 0.4) is 0 Å². The molecule has 3 rings (SSSR count). The Labute approximate surface area is 169 Å². The van der Waals surface area contributed by atoms with Crippen molar-refractivity contribution >= 4 is 17.8 Å². The number of hydrogen-bond donors (Lipinski definition) is 4. The molecular weight excluding hydrogens is 425 g/mol. The number of alkyl halides is 3. The van der Waals surface area contributed by atoms with Crippen LogP contribution >= 0.6 is 0 Å². The van der Waals surface area contributed by atoms with Crippen molar-refractivity contribution in [2.24, 2.45) is 0 Å². The van der Waals surface area contributed by atoms with Crippen LogP contribution in [0.15, 0.2) is 41.3 Å². The third-order valence-electron chi connectivity index (χ3n) is 3.95. The Bertz CT molecular complexity index is 1240. The van der Waals surface area contributed by atoms with Gasteiger partial charge in [-0.1, -0.05) is 12.1 Å². The summed E-state index contributed by atoms with van der Waals surface area (Å²) < 4.78 is 43.4. The number of carboxylic acids is 2. The number of nitrogens with two attached hydrogens (primary N) is 1. The first-order chi connectivity index (χ1) is 14.5. The molecule has 5 N–H and O–H groups in total. The largest absolute Gasteiger partial charge is 0.478 e. The fourth-order valence-corrected chi connectivity index (χ4v) is 2.68. The molecule has 0 aliphatic carbocycles. The molecule has 2 heterocycles. The van der Waals surface area contributed by atoms with Gasteiger partial charge in [-0.05, 0) is 23.8 Å². The fourth-order valence-electron chi connectivity index (χ4n) is 2.68. The zero-order valence-electron chi connectivity index (χ0n) is 15.1. The van der Waals surface area contributed by atoms with Crippen LogP contribution in [-0.2, 0) is 6.18 Å². The molecule has 0 fully saturated rings. The van der Waals surface area contributed by atoms with E-state index in [0.29, 0.717) is 6.07 Å². The van der Waals surface area contributed by atoms with Gasteiger partial charge in [-0.25, -0.2) is 14.6 Å². The minimum absolute atomic E-state index is 0.00934. The van der Waals surface area contributed by atoms with Gasteiger partial charge in [0.25, 0.3) is 5.56 Å². The van der Waals surface area contributed by atoms with Crippen molar-refractivity contribution in [2.75, 3.05) is 5.73 Å². The maximum Gasteiger partial charge on any atom is 0.433 e. The minimum Gasteiger partial charge on any atom is -0.478 e. The Morgan fingerprint density at radius 1 is 1.03 bits per heavy atom. The highest BCUT2D eigenvalue weighted by Gasteiger charge is 2.33. The molecule has 13 heteroatoms. The van der Waals surface area contributed by atoms with Crippen LogP contribution in [0.1, 0.15) is 26.4 Å². The topological polar surface area (TPSA) is 168 Å². The van der Waals surface area contributed by atoms with Crippen molar-refractivity contribution in [1.82, 2.24) is 15.0 Å². The van der Waals surface area contributed by atoms with Crippen molar-refractivity contribution < 1.29 is 37.7 Å². The Hall–Kier alpha value is -4.42. The standard InChI is InChI=1S/C18H11F3N4O6/c19-18(20,21)9-5-6-23-17(24-9)31-8-3-1-7(2-4-8)10-11(15(27)28)13(22)25-14(26)12(10)16(29)30/h1-6H,(H,27,28)(H,29,30)(H3,22,25,26). The molecule has 3 aromatic rings. The van der Waals surface area contributed by atoms with E-state index in [1.807, 2.05) is 4.98 Å². The molecule has 0 aliphatic heterocycles. The molecule has 160 valence electrons. The summed E-state index contributed by atoms with van der Waals surface area (Å²) in [5.41, 5.74) is 1.29. The van der Waals surface area contributed by atoms with Crippen LogP contribution in [0.2, 0.25) is 0 Å². The molecule has 0 radical (unpaired) electrons. The van der Waals surface area contributed by atoms with E-state index < -0.39 is 57.9 Å². The second-order valence-electron chi connectivity index (χ2n) is 5.95. The molecule has 31 heavy (non-hydrogen) atoms. The molecule has 0 amide bonds. The first kappa shape index (κ1) is 21.3. The Balaban J connectivity index is 2.04. The number of aromatic carboxylic acids is 2. The van der Waals surface area contributed by atoms with Crippen molar-refractivity contribution in [1.29, 1.82) is 0 Å². The molecule has 0 unspecified atom stereocenters. The number of rotatable bonds is 5. The highest BCUT2D eigenvalue weighted by Crippen LogP contribution is 2.32. The molecule has 0 spiro atoms. The van der Waals surface area contributed by atoms with Crippen LogP contribution in [0.4, 0.5) is 19.0 Å². The lowest BCUT2D eigenvalue weighted by molar-refractivity contribution is -0.141. The van der Waals surface area contributed by atoms with E-state index in [1.165, 1.54) is 24.3 Å². The average molecular weight is 436 g/mol. The van der Waals surface area contributed by atoms with Gasteiger partial charge in [-0.15, -0.1) is 0 Å². The molecular formula is C18H11F3N4O6.